The van der Waals surface area contributed by atoms with Crippen LogP contribution >= 0.6 is 0 Å². The standard InChI is InChI=1S/C18H15F3N4O3/c19-18(20,21)14-8-11(5-7-16(26)27)4-6-15(14)25-17(28)12-2-1-3-13(9-12)23-10-24-22/h1-10H,22H2,(H,23,24)(H,25,28)(H,26,27)/b7-5+. The third kappa shape index (κ3) is 5.68. The molecule has 28 heavy (non-hydrogen) atoms. The van der Waals surface area contributed by atoms with Gasteiger partial charge in [0.05, 0.1) is 16.9 Å². The van der Waals surface area contributed by atoms with Crippen LogP contribution in [0.3, 0.4) is 0 Å². The summed E-state index contributed by atoms with van der Waals surface area (Å²) in [5, 5.41) is 10.8. The molecular weight excluding hydrogens is 377 g/mol. The van der Waals surface area contributed by atoms with E-state index in [0.717, 1.165) is 24.3 Å². The number of carboxylic acids is 1. The maximum absolute atomic E-state index is 13.4. The van der Waals surface area contributed by atoms with Gasteiger partial charge in [-0.15, -0.1) is 0 Å². The van der Waals surface area contributed by atoms with Crippen molar-refractivity contribution in [2.75, 3.05) is 5.32 Å². The number of hydrazine groups is 1. The maximum atomic E-state index is 13.4. The summed E-state index contributed by atoms with van der Waals surface area (Å²) in [6, 6.07) is 8.96. The fraction of sp³-hybridized carbons (Fsp3) is 0.0556. The highest BCUT2D eigenvalue weighted by Gasteiger charge is 2.34. The summed E-state index contributed by atoms with van der Waals surface area (Å²) in [7, 11) is 0. The Balaban J connectivity index is 2.33. The minimum Gasteiger partial charge on any atom is -0.478 e. The molecule has 0 aliphatic rings. The number of alkyl halides is 3. The second kappa shape index (κ2) is 8.82. The monoisotopic (exact) mass is 392 g/mol. The lowest BCUT2D eigenvalue weighted by Crippen LogP contribution is -2.18. The number of amides is 1. The van der Waals surface area contributed by atoms with E-state index in [-0.39, 0.29) is 11.1 Å². The SMILES string of the molecule is NNC=Nc1cccc(C(=O)Nc2ccc(/C=C/C(=O)O)cc2C(F)(F)F)c1. The van der Waals surface area contributed by atoms with Crippen LogP contribution in [0.25, 0.3) is 6.08 Å². The average molecular weight is 392 g/mol. The van der Waals surface area contributed by atoms with E-state index in [1.165, 1.54) is 30.6 Å². The third-order valence-electron chi connectivity index (χ3n) is 3.41. The molecule has 0 radical (unpaired) electrons. The largest absolute Gasteiger partial charge is 0.478 e. The zero-order chi connectivity index (χ0) is 20.7. The number of carboxylic acid groups (broad SMARTS) is 1. The lowest BCUT2D eigenvalue weighted by Gasteiger charge is -2.15. The van der Waals surface area contributed by atoms with Gasteiger partial charge in [0.2, 0.25) is 0 Å². The third-order valence-corrected chi connectivity index (χ3v) is 3.41. The highest BCUT2D eigenvalue weighted by molar-refractivity contribution is 6.05. The van der Waals surface area contributed by atoms with Gasteiger partial charge in [0.25, 0.3) is 5.91 Å². The minimum atomic E-state index is -4.76. The number of halogens is 3. The fourth-order valence-electron chi connectivity index (χ4n) is 2.21. The van der Waals surface area contributed by atoms with Gasteiger partial charge in [-0.1, -0.05) is 12.1 Å². The van der Waals surface area contributed by atoms with Gasteiger partial charge < -0.3 is 15.8 Å². The number of carbonyl (C=O) groups excluding carboxylic acids is 1. The van der Waals surface area contributed by atoms with Crippen LogP contribution in [0.1, 0.15) is 21.5 Å². The molecule has 2 aromatic carbocycles. The second-order valence-electron chi connectivity index (χ2n) is 5.40. The number of rotatable bonds is 6. The molecule has 0 bridgehead atoms. The number of carbonyl (C=O) groups is 2. The molecular formula is C18H15F3N4O3. The number of aliphatic imine (C=N–C) groups is 1. The van der Waals surface area contributed by atoms with Crippen LogP contribution in [0, 0.1) is 0 Å². The Kier molecular flexibility index (Phi) is 6.51. The van der Waals surface area contributed by atoms with Crippen molar-refractivity contribution >= 4 is 35.7 Å². The van der Waals surface area contributed by atoms with Crippen molar-refractivity contribution in [3.05, 3.63) is 65.2 Å². The molecule has 7 nitrogen and oxygen atoms in total. The van der Waals surface area contributed by atoms with Gasteiger partial charge in [-0.25, -0.2) is 15.6 Å². The van der Waals surface area contributed by atoms with E-state index in [1.807, 2.05) is 0 Å². The number of aliphatic carboxylic acids is 1. The first-order valence-corrected chi connectivity index (χ1v) is 7.73. The lowest BCUT2D eigenvalue weighted by atomic mass is 10.1. The normalized spacial score (nSPS) is 11.7. The lowest BCUT2D eigenvalue weighted by molar-refractivity contribution is -0.137. The van der Waals surface area contributed by atoms with Crippen LogP contribution in [0.15, 0.2) is 53.5 Å². The Morgan fingerprint density at radius 3 is 2.54 bits per heavy atom. The number of nitrogens with zero attached hydrogens (tertiary/aromatic N) is 1. The number of nitrogens with two attached hydrogens (primary N) is 1. The second-order valence-corrected chi connectivity index (χ2v) is 5.40. The molecule has 0 saturated carbocycles. The van der Waals surface area contributed by atoms with Crippen LogP contribution in [0.4, 0.5) is 24.5 Å². The topological polar surface area (TPSA) is 117 Å². The Morgan fingerprint density at radius 2 is 1.89 bits per heavy atom. The molecule has 0 fully saturated rings. The molecule has 1 amide bonds. The van der Waals surface area contributed by atoms with Gasteiger partial charge in [0.15, 0.2) is 0 Å². The summed E-state index contributed by atoms with van der Waals surface area (Å²) < 4.78 is 40.1. The first-order valence-electron chi connectivity index (χ1n) is 7.73. The first kappa shape index (κ1) is 20.6. The molecule has 10 heteroatoms. The van der Waals surface area contributed by atoms with Crippen molar-refractivity contribution < 1.29 is 27.9 Å². The summed E-state index contributed by atoms with van der Waals surface area (Å²) in [5.74, 6) is 3.00. The van der Waals surface area contributed by atoms with Crippen LogP contribution in [-0.2, 0) is 11.0 Å². The van der Waals surface area contributed by atoms with Crippen molar-refractivity contribution in [1.82, 2.24) is 5.43 Å². The Hall–Kier alpha value is -3.66. The summed E-state index contributed by atoms with van der Waals surface area (Å²) in [4.78, 5) is 26.8. The van der Waals surface area contributed by atoms with E-state index >= 15 is 0 Å². The van der Waals surface area contributed by atoms with E-state index < -0.39 is 29.3 Å². The highest BCUT2D eigenvalue weighted by Crippen LogP contribution is 2.36. The van der Waals surface area contributed by atoms with E-state index in [0.29, 0.717) is 5.69 Å². The Bertz CT molecular complexity index is 940. The summed E-state index contributed by atoms with van der Waals surface area (Å²) in [6.07, 6.45) is -1.83. The molecule has 0 saturated heterocycles. The van der Waals surface area contributed by atoms with Crippen LogP contribution in [-0.4, -0.2) is 23.3 Å². The van der Waals surface area contributed by atoms with Crippen LogP contribution in [0.5, 0.6) is 0 Å². The van der Waals surface area contributed by atoms with Crippen molar-refractivity contribution in [2.24, 2.45) is 10.8 Å². The number of benzene rings is 2. The number of nitrogens with one attached hydrogen (secondary N) is 2. The zero-order valence-corrected chi connectivity index (χ0v) is 14.2. The van der Waals surface area contributed by atoms with E-state index in [9.17, 15) is 22.8 Å². The number of hydrogen-bond donors (Lipinski definition) is 4. The van der Waals surface area contributed by atoms with Crippen LogP contribution < -0.4 is 16.6 Å². The predicted octanol–water partition coefficient (Wildman–Crippen LogP) is 3.18. The molecule has 0 aliphatic heterocycles. The van der Waals surface area contributed by atoms with Gasteiger partial charge in [0, 0.05) is 11.6 Å². The zero-order valence-electron chi connectivity index (χ0n) is 14.2. The van der Waals surface area contributed by atoms with Gasteiger partial charge in [-0.05, 0) is 42.0 Å². The van der Waals surface area contributed by atoms with E-state index in [2.05, 4.69) is 15.7 Å². The van der Waals surface area contributed by atoms with Crippen LogP contribution in [0.2, 0.25) is 0 Å². The minimum absolute atomic E-state index is 0.0262. The summed E-state index contributed by atoms with van der Waals surface area (Å²) in [5.41, 5.74) is 1.12. The summed E-state index contributed by atoms with van der Waals surface area (Å²) in [6.45, 7) is 0. The summed E-state index contributed by atoms with van der Waals surface area (Å²) >= 11 is 0. The smallest absolute Gasteiger partial charge is 0.418 e. The molecule has 2 aromatic rings. The Morgan fingerprint density at radius 1 is 1.14 bits per heavy atom. The van der Waals surface area contributed by atoms with Crippen molar-refractivity contribution in [3.8, 4) is 0 Å². The van der Waals surface area contributed by atoms with Crippen molar-refractivity contribution in [2.45, 2.75) is 6.18 Å². The molecule has 0 spiro atoms. The molecule has 5 N–H and O–H groups in total. The molecule has 0 unspecified atom stereocenters. The quantitative estimate of drug-likeness (QED) is 0.198. The van der Waals surface area contributed by atoms with Crippen molar-refractivity contribution in [1.29, 1.82) is 0 Å². The molecule has 0 aliphatic carbocycles. The molecule has 2 rings (SSSR count). The maximum Gasteiger partial charge on any atom is 0.418 e. The van der Waals surface area contributed by atoms with E-state index in [1.54, 1.807) is 6.07 Å². The molecule has 146 valence electrons. The fourth-order valence-corrected chi connectivity index (χ4v) is 2.21. The van der Waals surface area contributed by atoms with Crippen molar-refractivity contribution in [3.63, 3.8) is 0 Å². The molecule has 0 atom stereocenters. The van der Waals surface area contributed by atoms with Gasteiger partial charge in [-0.2, -0.15) is 13.2 Å². The Labute approximate surface area is 157 Å². The number of hydrogen-bond acceptors (Lipinski definition) is 4. The molecule has 0 aromatic heterocycles. The number of anilines is 1. The van der Waals surface area contributed by atoms with Gasteiger partial charge >= 0.3 is 12.1 Å². The van der Waals surface area contributed by atoms with Gasteiger partial charge in [-0.3, -0.25) is 4.79 Å². The molecule has 0 heterocycles. The first-order chi connectivity index (χ1) is 13.2. The average Bonchev–Trinajstić information content (AvgIpc) is 2.64. The highest BCUT2D eigenvalue weighted by atomic mass is 19.4. The van der Waals surface area contributed by atoms with E-state index in [4.69, 9.17) is 10.9 Å². The van der Waals surface area contributed by atoms with Gasteiger partial charge in [0.1, 0.15) is 6.34 Å². The predicted molar refractivity (Wildman–Crippen MR) is 98.0 cm³/mol.